The number of aromatic hydroxyl groups is 1. The van der Waals surface area contributed by atoms with Gasteiger partial charge in [0.2, 0.25) is 10.0 Å². The normalized spacial score (nSPS) is 11.7. The van der Waals surface area contributed by atoms with Crippen molar-refractivity contribution in [3.8, 4) is 5.75 Å². The monoisotopic (exact) mass is 306 g/mol. The second-order valence-electron chi connectivity index (χ2n) is 4.78. The van der Waals surface area contributed by atoms with Gasteiger partial charge < -0.3 is 10.8 Å². The molecule has 0 amide bonds. The Morgan fingerprint density at radius 3 is 2.43 bits per heavy atom. The first kappa shape index (κ1) is 15.3. The number of sulfonamides is 1. The van der Waals surface area contributed by atoms with Crippen LogP contribution in [0.4, 0.5) is 5.69 Å². The molecule has 0 heterocycles. The average molecular weight is 306 g/mol. The number of nitrogens with two attached hydrogens (primary N) is 1. The van der Waals surface area contributed by atoms with Crippen molar-refractivity contribution in [1.82, 2.24) is 4.31 Å². The van der Waals surface area contributed by atoms with Crippen molar-refractivity contribution in [1.29, 1.82) is 0 Å². The molecule has 0 fully saturated rings. The summed E-state index contributed by atoms with van der Waals surface area (Å²) in [6.07, 6.45) is 0.629. The third-order valence-electron chi connectivity index (χ3n) is 3.27. The molecule has 0 spiro atoms. The van der Waals surface area contributed by atoms with Crippen LogP contribution < -0.4 is 5.73 Å². The van der Waals surface area contributed by atoms with Gasteiger partial charge in [-0.25, -0.2) is 12.7 Å². The minimum absolute atomic E-state index is 0.0486. The molecule has 6 heteroatoms. The molecule has 0 aliphatic rings. The molecule has 0 aromatic heterocycles. The minimum Gasteiger partial charge on any atom is -0.506 e. The molecular formula is C15H18N2O3S. The molecular weight excluding hydrogens is 288 g/mol. The number of hydrogen-bond donors (Lipinski definition) is 2. The van der Waals surface area contributed by atoms with Gasteiger partial charge in [0.15, 0.2) is 0 Å². The maximum absolute atomic E-state index is 12.4. The van der Waals surface area contributed by atoms with Crippen LogP contribution in [0.2, 0.25) is 0 Å². The van der Waals surface area contributed by atoms with E-state index in [0.717, 1.165) is 5.56 Å². The lowest BCUT2D eigenvalue weighted by atomic mass is 10.2. The molecule has 0 saturated carbocycles. The van der Waals surface area contributed by atoms with E-state index >= 15 is 0 Å². The lowest BCUT2D eigenvalue weighted by molar-refractivity contribution is 0.470. The molecule has 0 atom stereocenters. The van der Waals surface area contributed by atoms with E-state index in [2.05, 4.69) is 0 Å². The Morgan fingerprint density at radius 1 is 1.14 bits per heavy atom. The van der Waals surface area contributed by atoms with Gasteiger partial charge in [-0.1, -0.05) is 30.3 Å². The molecule has 3 N–H and O–H groups in total. The Morgan fingerprint density at radius 2 is 1.81 bits per heavy atom. The number of rotatable bonds is 5. The number of benzene rings is 2. The zero-order valence-corrected chi connectivity index (χ0v) is 12.5. The molecule has 0 saturated heterocycles. The number of phenols is 1. The lowest BCUT2D eigenvalue weighted by Crippen LogP contribution is -2.29. The van der Waals surface area contributed by atoms with Crippen LogP contribution in [0.5, 0.6) is 5.75 Å². The van der Waals surface area contributed by atoms with Crippen molar-refractivity contribution < 1.29 is 13.5 Å². The van der Waals surface area contributed by atoms with Crippen molar-refractivity contribution in [2.45, 2.75) is 11.3 Å². The van der Waals surface area contributed by atoms with E-state index in [1.54, 1.807) is 0 Å². The highest BCUT2D eigenvalue weighted by Crippen LogP contribution is 2.24. The second-order valence-corrected chi connectivity index (χ2v) is 6.83. The fraction of sp³-hybridized carbons (Fsp3) is 0.200. The zero-order valence-electron chi connectivity index (χ0n) is 11.7. The minimum atomic E-state index is -3.61. The Kier molecular flexibility index (Phi) is 4.50. The summed E-state index contributed by atoms with van der Waals surface area (Å²) in [5, 5.41) is 9.37. The third kappa shape index (κ3) is 3.53. The predicted molar refractivity (Wildman–Crippen MR) is 82.5 cm³/mol. The van der Waals surface area contributed by atoms with Gasteiger partial charge in [0.1, 0.15) is 5.75 Å². The number of likely N-dealkylation sites (N-methyl/N-ethyl adjacent to an activating group) is 1. The first-order valence-corrected chi connectivity index (χ1v) is 7.94. The quantitative estimate of drug-likeness (QED) is 0.652. The van der Waals surface area contributed by atoms with E-state index in [1.165, 1.54) is 29.6 Å². The van der Waals surface area contributed by atoms with Gasteiger partial charge in [0.25, 0.3) is 0 Å². The lowest BCUT2D eigenvalue weighted by Gasteiger charge is -2.17. The van der Waals surface area contributed by atoms with Crippen LogP contribution in [-0.4, -0.2) is 31.4 Å². The van der Waals surface area contributed by atoms with E-state index in [4.69, 9.17) is 5.73 Å². The van der Waals surface area contributed by atoms with Gasteiger partial charge in [-0.3, -0.25) is 0 Å². The van der Waals surface area contributed by atoms with E-state index in [-0.39, 0.29) is 16.3 Å². The fourth-order valence-corrected chi connectivity index (χ4v) is 3.13. The standard InChI is InChI=1S/C15H18N2O3S/c1-17(10-9-12-5-3-2-4-6-12)21(19,20)13-7-8-15(18)14(16)11-13/h2-8,11,18H,9-10,16H2,1H3. The van der Waals surface area contributed by atoms with Crippen molar-refractivity contribution in [2.24, 2.45) is 0 Å². The molecule has 0 bridgehead atoms. The van der Waals surface area contributed by atoms with Crippen LogP contribution in [-0.2, 0) is 16.4 Å². The van der Waals surface area contributed by atoms with Gasteiger partial charge in [-0.2, -0.15) is 0 Å². The van der Waals surface area contributed by atoms with Gasteiger partial charge in [0.05, 0.1) is 10.6 Å². The molecule has 112 valence electrons. The molecule has 21 heavy (non-hydrogen) atoms. The van der Waals surface area contributed by atoms with Crippen LogP contribution in [0.25, 0.3) is 0 Å². The summed E-state index contributed by atoms with van der Waals surface area (Å²) in [4.78, 5) is 0.0772. The van der Waals surface area contributed by atoms with Crippen LogP contribution in [0, 0.1) is 0 Å². The van der Waals surface area contributed by atoms with Crippen molar-refractivity contribution in [3.05, 3.63) is 54.1 Å². The van der Waals surface area contributed by atoms with Gasteiger partial charge in [-0.05, 0) is 30.2 Å². The number of nitrogens with zero attached hydrogens (tertiary/aromatic N) is 1. The predicted octanol–water partition coefficient (Wildman–Crippen LogP) is 1.84. The molecule has 5 nitrogen and oxygen atoms in total. The van der Waals surface area contributed by atoms with Crippen LogP contribution in [0.1, 0.15) is 5.56 Å². The SMILES string of the molecule is CN(CCc1ccccc1)S(=O)(=O)c1ccc(O)c(N)c1. The van der Waals surface area contributed by atoms with Gasteiger partial charge in [0, 0.05) is 13.6 Å². The summed E-state index contributed by atoms with van der Waals surface area (Å²) in [5.41, 5.74) is 6.67. The van der Waals surface area contributed by atoms with Gasteiger partial charge in [-0.15, -0.1) is 0 Å². The van der Waals surface area contributed by atoms with Gasteiger partial charge >= 0.3 is 0 Å². The summed E-state index contributed by atoms with van der Waals surface area (Å²) in [5.74, 6) is -0.124. The smallest absolute Gasteiger partial charge is 0.242 e. The molecule has 0 radical (unpaired) electrons. The first-order valence-electron chi connectivity index (χ1n) is 6.50. The van der Waals surface area contributed by atoms with E-state index in [0.29, 0.717) is 13.0 Å². The fourth-order valence-electron chi connectivity index (χ4n) is 1.92. The maximum Gasteiger partial charge on any atom is 0.242 e. The summed E-state index contributed by atoms with van der Waals surface area (Å²) >= 11 is 0. The Hall–Kier alpha value is -2.05. The van der Waals surface area contributed by atoms with E-state index < -0.39 is 10.0 Å². The summed E-state index contributed by atoms with van der Waals surface area (Å²) in [7, 11) is -2.08. The first-order chi connectivity index (χ1) is 9.91. The molecule has 0 aliphatic carbocycles. The second kappa shape index (κ2) is 6.15. The van der Waals surface area contributed by atoms with Crippen LogP contribution in [0.15, 0.2) is 53.4 Å². The van der Waals surface area contributed by atoms with Crippen molar-refractivity contribution in [2.75, 3.05) is 19.3 Å². The van der Waals surface area contributed by atoms with Crippen LogP contribution >= 0.6 is 0 Å². The highest BCUT2D eigenvalue weighted by molar-refractivity contribution is 7.89. The van der Waals surface area contributed by atoms with Crippen LogP contribution in [0.3, 0.4) is 0 Å². The Balaban J connectivity index is 2.13. The Labute approximate surface area is 124 Å². The highest BCUT2D eigenvalue weighted by atomic mass is 32.2. The number of anilines is 1. The number of hydrogen-bond acceptors (Lipinski definition) is 4. The molecule has 2 aromatic carbocycles. The zero-order chi connectivity index (χ0) is 15.5. The average Bonchev–Trinajstić information content (AvgIpc) is 2.48. The van der Waals surface area contributed by atoms with E-state index in [9.17, 15) is 13.5 Å². The summed E-state index contributed by atoms with van der Waals surface area (Å²) in [6.45, 7) is 0.368. The topological polar surface area (TPSA) is 83.6 Å². The molecule has 0 unspecified atom stereocenters. The van der Waals surface area contributed by atoms with Crippen molar-refractivity contribution in [3.63, 3.8) is 0 Å². The highest BCUT2D eigenvalue weighted by Gasteiger charge is 2.21. The largest absolute Gasteiger partial charge is 0.506 e. The summed E-state index contributed by atoms with van der Waals surface area (Å²) in [6, 6.07) is 13.6. The molecule has 2 aromatic rings. The molecule has 2 rings (SSSR count). The third-order valence-corrected chi connectivity index (χ3v) is 5.12. The maximum atomic E-state index is 12.4. The number of phenolic OH excluding ortho intramolecular Hbond substituents is 1. The number of nitrogen functional groups attached to an aromatic ring is 1. The molecule has 0 aliphatic heterocycles. The van der Waals surface area contributed by atoms with Crippen molar-refractivity contribution >= 4 is 15.7 Å². The van der Waals surface area contributed by atoms with E-state index in [1.807, 2.05) is 30.3 Å². The Bertz CT molecular complexity index is 715. The summed E-state index contributed by atoms with van der Waals surface area (Å²) < 4.78 is 26.1.